The van der Waals surface area contributed by atoms with Crippen molar-refractivity contribution >= 4 is 22.8 Å². The molecule has 1 aliphatic rings. The Morgan fingerprint density at radius 3 is 2.90 bits per heavy atom. The third-order valence-corrected chi connectivity index (χ3v) is 4.86. The summed E-state index contributed by atoms with van der Waals surface area (Å²) in [4.78, 5) is 14.5. The van der Waals surface area contributed by atoms with Crippen LogP contribution in [0.2, 0.25) is 0 Å². The maximum absolute atomic E-state index is 10.0. The van der Waals surface area contributed by atoms with Crippen LogP contribution in [0.1, 0.15) is 12.0 Å². The molecule has 4 rings (SSSR count). The van der Waals surface area contributed by atoms with Crippen LogP contribution < -0.4 is 15.0 Å². The highest BCUT2D eigenvalue weighted by Crippen LogP contribution is 2.23. The first-order chi connectivity index (χ1) is 14.1. The van der Waals surface area contributed by atoms with Crippen molar-refractivity contribution in [2.75, 3.05) is 18.0 Å². The zero-order valence-corrected chi connectivity index (χ0v) is 16.0. The van der Waals surface area contributed by atoms with Gasteiger partial charge in [0.2, 0.25) is 5.88 Å². The maximum atomic E-state index is 10.0. The third-order valence-electron chi connectivity index (χ3n) is 4.86. The van der Waals surface area contributed by atoms with E-state index in [9.17, 15) is 5.11 Å². The number of anilines is 1. The van der Waals surface area contributed by atoms with E-state index in [1.165, 1.54) is 17.4 Å². The van der Waals surface area contributed by atoms with E-state index in [1.54, 1.807) is 18.5 Å². The predicted octanol–water partition coefficient (Wildman–Crippen LogP) is 2.78. The number of ether oxygens (including phenoxy) is 1. The van der Waals surface area contributed by atoms with Crippen molar-refractivity contribution in [1.82, 2.24) is 20.3 Å². The topological polar surface area (TPSA) is 107 Å². The molecule has 3 aromatic rings. The summed E-state index contributed by atoms with van der Waals surface area (Å²) in [6.07, 6.45) is 6.78. The first kappa shape index (κ1) is 18.7. The highest BCUT2D eigenvalue weighted by molar-refractivity contribution is 5.82. The zero-order chi connectivity index (χ0) is 20.2. The van der Waals surface area contributed by atoms with E-state index in [0.717, 1.165) is 25.7 Å². The molecule has 0 unspecified atom stereocenters. The predicted molar refractivity (Wildman–Crippen MR) is 111 cm³/mol. The van der Waals surface area contributed by atoms with E-state index >= 15 is 0 Å². The molecule has 1 aromatic carbocycles. The Hall–Kier alpha value is -3.68. The fourth-order valence-corrected chi connectivity index (χ4v) is 3.28. The summed E-state index contributed by atoms with van der Waals surface area (Å²) in [6.45, 7) is 3.91. The lowest BCUT2D eigenvalue weighted by Gasteiger charge is -2.19. The molecule has 1 fully saturated rings. The van der Waals surface area contributed by atoms with Gasteiger partial charge in [-0.05, 0) is 31.5 Å². The lowest BCUT2D eigenvalue weighted by molar-refractivity contribution is 0.393. The van der Waals surface area contributed by atoms with Crippen molar-refractivity contribution in [2.45, 2.75) is 19.4 Å². The molecule has 0 bridgehead atoms. The number of aromatic hydroxyl groups is 1. The number of aryl methyl sites for hydroxylation is 1. The minimum Gasteiger partial charge on any atom is -0.493 e. The smallest absolute Gasteiger partial charge is 0.326 e. The van der Waals surface area contributed by atoms with Gasteiger partial charge in [-0.15, -0.1) is 0 Å². The van der Waals surface area contributed by atoms with Gasteiger partial charge in [-0.3, -0.25) is 4.98 Å². The Labute approximate surface area is 168 Å². The Morgan fingerprint density at radius 1 is 1.28 bits per heavy atom. The van der Waals surface area contributed by atoms with E-state index in [1.807, 2.05) is 0 Å². The van der Waals surface area contributed by atoms with Gasteiger partial charge in [0.25, 0.3) is 0 Å². The first-order valence-electron chi connectivity index (χ1n) is 9.39. The van der Waals surface area contributed by atoms with E-state index in [4.69, 9.17) is 10.1 Å². The summed E-state index contributed by atoms with van der Waals surface area (Å²) in [7, 11) is 0. The van der Waals surface area contributed by atoms with E-state index in [-0.39, 0.29) is 23.7 Å². The first-order valence-corrected chi connectivity index (χ1v) is 9.39. The number of pyridine rings is 1. The monoisotopic (exact) mass is 390 g/mol. The molecule has 3 N–H and O–H groups in total. The van der Waals surface area contributed by atoms with Gasteiger partial charge < -0.3 is 25.5 Å². The molecule has 1 saturated heterocycles. The van der Waals surface area contributed by atoms with Gasteiger partial charge in [0.05, 0.1) is 23.3 Å². The highest BCUT2D eigenvalue weighted by Gasteiger charge is 2.21. The number of benzene rings is 1. The average molecular weight is 390 g/mol. The fourth-order valence-electron chi connectivity index (χ4n) is 3.28. The molecule has 1 aliphatic heterocycles. The fraction of sp³-hybridized carbons (Fsp3) is 0.238. The Kier molecular flexibility index (Phi) is 5.24. The van der Waals surface area contributed by atoms with Crippen LogP contribution in [0.3, 0.4) is 0 Å². The van der Waals surface area contributed by atoms with Gasteiger partial charge in [0.15, 0.2) is 5.76 Å². The number of aromatic nitrogens is 3. The second kappa shape index (κ2) is 8.14. The summed E-state index contributed by atoms with van der Waals surface area (Å²) in [5.41, 5.74) is 2.92. The number of nitrogens with one attached hydrogen (secondary N) is 2. The molecule has 148 valence electrons. The molecular formula is C21H22N6O2. The SMILES string of the molecule is Cc1ccc(N2CC[C@H](N/C=C(\C=N)Oc3nc(O)c4ccncc4n3)C2)cc1. The number of fused-ring (bicyclic) bond motifs is 1. The van der Waals surface area contributed by atoms with Crippen LogP contribution in [0, 0.1) is 12.3 Å². The molecule has 3 heterocycles. The number of allylic oxidation sites excluding steroid dienone is 1. The van der Waals surface area contributed by atoms with Crippen LogP contribution >= 0.6 is 0 Å². The third kappa shape index (κ3) is 4.26. The molecule has 0 spiro atoms. The van der Waals surface area contributed by atoms with Crippen molar-refractivity contribution in [3.8, 4) is 11.9 Å². The summed E-state index contributed by atoms with van der Waals surface area (Å²) < 4.78 is 5.57. The lowest BCUT2D eigenvalue weighted by atomic mass is 10.2. The summed E-state index contributed by atoms with van der Waals surface area (Å²) in [5.74, 6) is 0.0654. The molecular weight excluding hydrogens is 368 g/mol. The maximum Gasteiger partial charge on any atom is 0.326 e. The number of rotatable bonds is 6. The standard InChI is InChI=1S/C21H22N6O2/c1-14-2-4-16(5-3-14)27-9-7-15(13-27)24-11-17(10-22)29-21-25-19-12-23-8-6-18(19)20(28)26-21/h2-6,8,10-12,15,22,24H,7,9,13H2,1H3,(H,25,26,28)/b17-11+,22-10?/t15-/m0/s1. The number of hydrogen-bond acceptors (Lipinski definition) is 8. The van der Waals surface area contributed by atoms with Gasteiger partial charge in [0.1, 0.15) is 0 Å². The molecule has 2 aromatic heterocycles. The minimum absolute atomic E-state index is 0.0350. The van der Waals surface area contributed by atoms with Crippen molar-refractivity contribution in [2.24, 2.45) is 0 Å². The van der Waals surface area contributed by atoms with Crippen LogP contribution in [0.15, 0.2) is 54.7 Å². The highest BCUT2D eigenvalue weighted by atomic mass is 16.5. The average Bonchev–Trinajstić information content (AvgIpc) is 3.21. The van der Waals surface area contributed by atoms with Gasteiger partial charge in [-0.2, -0.15) is 9.97 Å². The summed E-state index contributed by atoms with van der Waals surface area (Å²) in [6, 6.07) is 10.3. The van der Waals surface area contributed by atoms with Crippen molar-refractivity contribution in [3.63, 3.8) is 0 Å². The lowest BCUT2D eigenvalue weighted by Crippen LogP contribution is -2.29. The van der Waals surface area contributed by atoms with Gasteiger partial charge in [-0.25, -0.2) is 0 Å². The van der Waals surface area contributed by atoms with Crippen LogP contribution in [-0.4, -0.2) is 45.4 Å². The van der Waals surface area contributed by atoms with Crippen LogP contribution in [0.25, 0.3) is 10.9 Å². The molecule has 0 saturated carbocycles. The molecule has 0 radical (unpaired) electrons. The van der Waals surface area contributed by atoms with Gasteiger partial charge >= 0.3 is 6.01 Å². The van der Waals surface area contributed by atoms with Crippen molar-refractivity contribution in [3.05, 3.63) is 60.2 Å². The Balaban J connectivity index is 1.41. The van der Waals surface area contributed by atoms with Gasteiger partial charge in [0, 0.05) is 37.2 Å². The molecule has 1 atom stereocenters. The number of nitrogens with zero attached hydrogens (tertiary/aromatic N) is 4. The Bertz CT molecular complexity index is 1050. The Morgan fingerprint density at radius 2 is 2.10 bits per heavy atom. The second-order valence-electron chi connectivity index (χ2n) is 6.95. The molecule has 0 amide bonds. The quantitative estimate of drug-likeness (QED) is 0.439. The minimum atomic E-state index is -0.186. The van der Waals surface area contributed by atoms with Crippen LogP contribution in [0.5, 0.6) is 11.9 Å². The molecule has 29 heavy (non-hydrogen) atoms. The van der Waals surface area contributed by atoms with E-state index < -0.39 is 0 Å². The van der Waals surface area contributed by atoms with Crippen LogP contribution in [-0.2, 0) is 0 Å². The van der Waals surface area contributed by atoms with Crippen molar-refractivity contribution in [1.29, 1.82) is 5.41 Å². The van der Waals surface area contributed by atoms with Crippen LogP contribution in [0.4, 0.5) is 5.69 Å². The largest absolute Gasteiger partial charge is 0.493 e. The van der Waals surface area contributed by atoms with Gasteiger partial charge in [-0.1, -0.05) is 17.7 Å². The van der Waals surface area contributed by atoms with E-state index in [2.05, 4.69) is 56.4 Å². The van der Waals surface area contributed by atoms with Crippen molar-refractivity contribution < 1.29 is 9.84 Å². The molecule has 8 heteroatoms. The molecule has 0 aliphatic carbocycles. The summed E-state index contributed by atoms with van der Waals surface area (Å²) >= 11 is 0. The summed E-state index contributed by atoms with van der Waals surface area (Å²) in [5, 5.41) is 21.4. The molecule has 8 nitrogen and oxygen atoms in total. The number of hydrogen-bond donors (Lipinski definition) is 3. The second-order valence-corrected chi connectivity index (χ2v) is 6.95. The van der Waals surface area contributed by atoms with E-state index in [0.29, 0.717) is 10.9 Å². The zero-order valence-electron chi connectivity index (χ0n) is 16.0. The normalized spacial score (nSPS) is 16.8.